The van der Waals surface area contributed by atoms with Crippen LogP contribution in [0.2, 0.25) is 0 Å². The molecule has 6 nitrogen and oxygen atoms in total. The Morgan fingerprint density at radius 1 is 0.183 bits per heavy atom. The molecule has 6 aromatic heterocycles. The molecule has 18 aromatic rings. The molecule has 3 radical (unpaired) electrons. The fourth-order valence-electron chi connectivity index (χ4n) is 12.1. The van der Waals surface area contributed by atoms with Crippen molar-refractivity contribution in [1.29, 1.82) is 0 Å². The average Bonchev–Trinajstić information content (AvgIpc) is 0.816. The van der Waals surface area contributed by atoms with Crippen LogP contribution < -0.4 is 0 Å². The first-order valence-corrected chi connectivity index (χ1v) is 38.6. The number of aromatic nitrogens is 6. The summed E-state index contributed by atoms with van der Waals surface area (Å²) in [5.74, 6) is 0. The molecule has 0 saturated carbocycles. The summed E-state index contributed by atoms with van der Waals surface area (Å²) in [6.07, 6.45) is 10.9. The molecule has 0 aliphatic carbocycles. The molecule has 0 unspecified atom stereocenters. The molecular formula is C110H88Ir4N6-5. The van der Waals surface area contributed by atoms with E-state index in [4.69, 9.17) is 0 Å². The van der Waals surface area contributed by atoms with Gasteiger partial charge in [-0.25, -0.2) is 11.1 Å². The number of benzene rings is 12. The third-order valence-corrected chi connectivity index (χ3v) is 18.3. The van der Waals surface area contributed by atoms with Gasteiger partial charge in [0.05, 0.1) is 0 Å². The van der Waals surface area contributed by atoms with Gasteiger partial charge in [0.15, 0.2) is 0 Å². The predicted octanol–water partition coefficient (Wildman–Crippen LogP) is 27.5. The maximum absolute atomic E-state index is 4.53. The van der Waals surface area contributed by atoms with Gasteiger partial charge in [0.25, 0.3) is 0 Å². The largest absolute Gasteiger partial charge is 3.00 e. The van der Waals surface area contributed by atoms with Crippen LogP contribution in [-0.2, 0) is 91.3 Å². The molecule has 6 heterocycles. The van der Waals surface area contributed by atoms with Crippen molar-refractivity contribution >= 4 is 0 Å². The van der Waals surface area contributed by atoms with Crippen molar-refractivity contribution in [2.75, 3.05) is 0 Å². The quantitative estimate of drug-likeness (QED) is 0.120. The second kappa shape index (κ2) is 49.5. The summed E-state index contributed by atoms with van der Waals surface area (Å²) < 4.78 is 0. The van der Waals surface area contributed by atoms with Gasteiger partial charge < -0.3 is 29.9 Å². The minimum atomic E-state index is 0. The summed E-state index contributed by atoms with van der Waals surface area (Å²) in [6, 6.07) is 156. The van der Waals surface area contributed by atoms with Crippen LogP contribution in [0, 0.1) is 48.5 Å². The predicted molar refractivity (Wildman–Crippen MR) is 480 cm³/mol. The van der Waals surface area contributed by atoms with Gasteiger partial charge in [-0.3, -0.25) is 0 Å². The molecule has 0 N–H and O–H groups in total. The second-order valence-corrected chi connectivity index (χ2v) is 28.8. The van der Waals surface area contributed by atoms with Gasteiger partial charge in [-0.05, 0) is 104 Å². The summed E-state index contributed by atoms with van der Waals surface area (Å²) in [5, 5.41) is 0. The van der Waals surface area contributed by atoms with Crippen molar-refractivity contribution < 1.29 is 80.4 Å². The van der Waals surface area contributed by atoms with Crippen LogP contribution in [-0.4, -0.2) is 29.9 Å². The Morgan fingerprint density at radius 2 is 0.458 bits per heavy atom. The first-order valence-electron chi connectivity index (χ1n) is 38.6. The number of nitrogens with zero attached hydrogens (tertiary/aromatic N) is 6. The number of rotatable bonds is 11. The molecule has 120 heavy (non-hydrogen) atoms. The first-order chi connectivity index (χ1) is 56.8. The van der Waals surface area contributed by atoms with Crippen molar-refractivity contribution in [2.45, 2.75) is 52.4 Å². The molecule has 599 valence electrons. The number of hydrogen-bond donors (Lipinski definition) is 0. The Bertz CT molecular complexity index is 5310. The Balaban J connectivity index is 0.000000175. The Labute approximate surface area is 764 Å². The molecule has 0 saturated heterocycles. The molecule has 0 aliphatic heterocycles. The van der Waals surface area contributed by atoms with Crippen LogP contribution in [0.5, 0.6) is 0 Å². The van der Waals surface area contributed by atoms with Gasteiger partial charge in [-0.1, -0.05) is 241 Å². The van der Waals surface area contributed by atoms with Crippen LogP contribution in [0.4, 0.5) is 0 Å². The van der Waals surface area contributed by atoms with Crippen molar-refractivity contribution in [3.63, 3.8) is 0 Å². The number of hydrogen-bond acceptors (Lipinski definition) is 6. The maximum Gasteiger partial charge on any atom is 3.00 e. The number of pyridine rings is 6. The Kier molecular flexibility index (Phi) is 38.6. The molecular weight excluding hydrogens is 2170 g/mol. The summed E-state index contributed by atoms with van der Waals surface area (Å²) >= 11 is 0. The smallest absolute Gasteiger partial charge is 0.305 e. The molecule has 0 fully saturated rings. The van der Waals surface area contributed by atoms with Crippen LogP contribution in [0.3, 0.4) is 0 Å². The van der Waals surface area contributed by atoms with E-state index >= 15 is 0 Å². The normalized spacial score (nSPS) is 10.2. The molecule has 0 atom stereocenters. The molecule has 10 heteroatoms. The fraction of sp³-hybridized carbons (Fsp3) is 0.0727. The molecule has 0 amide bonds. The van der Waals surface area contributed by atoms with Gasteiger partial charge in [-0.2, -0.15) is 36.4 Å². The third kappa shape index (κ3) is 29.3. The standard InChI is InChI=1S/C22H20.C21H20N.2C17H12N.3C11H8N.4Ir/c1-22(2,3)21-14-8-13-20(16-21)19-12-7-11-18(15-19)17-9-5-4-6-10-17;1-21(2,3)19-12-13-22-20(15-19)18-11-7-10-17(14-18)16-8-5-4-6-9-16;1-2-7-14(8-3-1)15-9-6-10-16(13-15)17-11-4-5-12-18-17;1-2-6-14(7-3-1)15-9-11-16(12-10-15)17-8-4-5-13-18-17;3*1-2-6-10(7-3-1)11-8-4-5-9-12-11;;;;/h4-11,14-16H,1-3H3;4-10,12-15H,1-3H3;1-9,11-13H;1-11,13H;3*1-6,8-9H;;;;/q-2;6*-1;;;;+3. The van der Waals surface area contributed by atoms with E-state index in [2.05, 4.69) is 266 Å². The summed E-state index contributed by atoms with van der Waals surface area (Å²) in [7, 11) is 0. The summed E-state index contributed by atoms with van der Waals surface area (Å²) in [5.41, 5.74) is 26.7. The second-order valence-electron chi connectivity index (χ2n) is 28.8. The van der Waals surface area contributed by atoms with E-state index < -0.39 is 0 Å². The van der Waals surface area contributed by atoms with E-state index in [1.165, 1.54) is 55.6 Å². The van der Waals surface area contributed by atoms with Crippen LogP contribution in [0.25, 0.3) is 123 Å². The van der Waals surface area contributed by atoms with Gasteiger partial charge in [0, 0.05) is 97.5 Å². The molecule has 0 aliphatic rings. The van der Waals surface area contributed by atoms with Crippen LogP contribution in [0.1, 0.15) is 52.7 Å². The van der Waals surface area contributed by atoms with Crippen molar-refractivity contribution in [2.24, 2.45) is 0 Å². The zero-order chi connectivity index (χ0) is 80.3. The Morgan fingerprint density at radius 3 is 0.783 bits per heavy atom. The van der Waals surface area contributed by atoms with E-state index in [1.807, 2.05) is 249 Å². The van der Waals surface area contributed by atoms with Gasteiger partial charge >= 0.3 is 20.1 Å². The van der Waals surface area contributed by atoms with E-state index in [-0.39, 0.29) is 91.3 Å². The monoisotopic (exact) mass is 2260 g/mol. The van der Waals surface area contributed by atoms with Crippen molar-refractivity contribution in [3.8, 4) is 123 Å². The van der Waals surface area contributed by atoms with E-state index in [9.17, 15) is 0 Å². The molecule has 0 bridgehead atoms. The minimum Gasteiger partial charge on any atom is -0.305 e. The van der Waals surface area contributed by atoms with Crippen molar-refractivity contribution in [3.05, 3.63) is 485 Å². The van der Waals surface area contributed by atoms with E-state index in [0.717, 1.165) is 78.7 Å². The SMILES string of the molecule is CC(C)(C)c1cc[c-]c(-c2[c-]ccc(-c3ccccc3)c2)c1.CC(C)(C)c1ccnc(-c2[c-]ccc(-c3ccccc3)c2)c1.[Ir+3].[Ir].[Ir].[Ir].[c-]1cc(-c2ccccc2)ccc1-c1ccccn1.[c-]1ccc(-c2ccccc2)cc1-c1ccccn1.[c-]1ccccc1-c1ccccn1.[c-]1ccccc1-c1ccccn1.[c-]1ccccc1-c1ccccn1. The average molecular weight is 2260 g/mol. The van der Waals surface area contributed by atoms with Gasteiger partial charge in [0.2, 0.25) is 0 Å². The maximum atomic E-state index is 4.53. The third-order valence-electron chi connectivity index (χ3n) is 18.3. The molecule has 12 aromatic carbocycles. The fourth-order valence-corrected chi connectivity index (χ4v) is 12.1. The zero-order valence-corrected chi connectivity index (χ0v) is 77.0. The molecule has 0 spiro atoms. The first kappa shape index (κ1) is 93.6. The van der Waals surface area contributed by atoms with Gasteiger partial charge in [-0.15, -0.1) is 232 Å². The zero-order valence-electron chi connectivity index (χ0n) is 67.4. The Hall–Kier alpha value is -11.9. The summed E-state index contributed by atoms with van der Waals surface area (Å²) in [6.45, 7) is 13.4. The summed E-state index contributed by atoms with van der Waals surface area (Å²) in [4.78, 5) is 25.9. The van der Waals surface area contributed by atoms with E-state index in [1.54, 1.807) is 31.0 Å². The van der Waals surface area contributed by atoms with Crippen molar-refractivity contribution in [1.82, 2.24) is 29.9 Å². The molecule has 18 rings (SSSR count). The van der Waals surface area contributed by atoms with Gasteiger partial charge in [0.1, 0.15) is 0 Å². The van der Waals surface area contributed by atoms with Crippen LogP contribution >= 0.6 is 0 Å². The van der Waals surface area contributed by atoms with E-state index in [0.29, 0.717) is 0 Å². The van der Waals surface area contributed by atoms with Crippen LogP contribution in [0.15, 0.2) is 425 Å². The minimum absolute atomic E-state index is 0. The topological polar surface area (TPSA) is 77.3 Å².